The zero-order valence-corrected chi connectivity index (χ0v) is 17.7. The van der Waals surface area contributed by atoms with Crippen LogP contribution in [0.15, 0.2) is 59.1 Å². The molecule has 0 spiro atoms. The molecule has 0 radical (unpaired) electrons. The summed E-state index contributed by atoms with van der Waals surface area (Å²) in [6, 6.07) is 13.6. The number of carbonyl (C=O) groups excluding carboxylic acids is 1. The molecule has 2 aromatic heterocycles. The Balaban J connectivity index is 1.36. The van der Waals surface area contributed by atoms with Crippen LogP contribution in [0.5, 0.6) is 0 Å². The van der Waals surface area contributed by atoms with Crippen molar-refractivity contribution in [1.82, 2.24) is 20.1 Å². The van der Waals surface area contributed by atoms with Crippen LogP contribution in [0.25, 0.3) is 22.0 Å². The molecule has 0 N–H and O–H groups in total. The minimum absolute atomic E-state index is 0.123. The first kappa shape index (κ1) is 19.8. The largest absolute Gasteiger partial charge is 0.419 e. The maximum atomic E-state index is 14.1. The number of amides is 1. The predicted octanol–water partition coefficient (Wildman–Crippen LogP) is 5.46. The Morgan fingerprint density at radius 2 is 1.94 bits per heavy atom. The highest BCUT2D eigenvalue weighted by molar-refractivity contribution is 7.16. The molecule has 0 atom stereocenters. The normalized spacial score (nSPS) is 13.4. The standard InChI is InChI=1S/C22H16ClFN4O2S/c23-14-7-5-13(6-8-14)20-27-26-19(30-20)12-28(15-9-10-15)22(29)18-11-25-21(31-18)16-3-1-2-4-17(16)24/h1-8,11,15H,9-10,12H2. The third kappa shape index (κ3) is 4.22. The SMILES string of the molecule is O=C(c1cnc(-c2ccccc2F)s1)N(Cc1nnc(-c2ccc(Cl)cc2)o1)C1CC1. The van der Waals surface area contributed by atoms with E-state index in [9.17, 15) is 9.18 Å². The fraction of sp³-hybridized carbons (Fsp3) is 0.182. The second-order valence-corrected chi connectivity index (χ2v) is 8.65. The van der Waals surface area contributed by atoms with Crippen molar-refractivity contribution in [3.05, 3.63) is 76.3 Å². The van der Waals surface area contributed by atoms with Gasteiger partial charge in [0, 0.05) is 22.2 Å². The molecule has 1 amide bonds. The Labute approximate surface area is 186 Å². The molecule has 2 aromatic carbocycles. The lowest BCUT2D eigenvalue weighted by atomic mass is 10.2. The average Bonchev–Trinajstić information content (AvgIpc) is 3.31. The monoisotopic (exact) mass is 454 g/mol. The minimum Gasteiger partial charge on any atom is -0.419 e. The van der Waals surface area contributed by atoms with E-state index in [0.29, 0.717) is 32.3 Å². The zero-order valence-electron chi connectivity index (χ0n) is 16.2. The molecule has 5 rings (SSSR count). The molecule has 6 nitrogen and oxygen atoms in total. The van der Waals surface area contributed by atoms with Crippen LogP contribution in [-0.4, -0.2) is 32.0 Å². The highest BCUT2D eigenvalue weighted by Gasteiger charge is 2.35. The van der Waals surface area contributed by atoms with E-state index in [0.717, 1.165) is 18.4 Å². The first-order chi connectivity index (χ1) is 15.1. The van der Waals surface area contributed by atoms with E-state index in [-0.39, 0.29) is 24.3 Å². The first-order valence-electron chi connectivity index (χ1n) is 9.68. The van der Waals surface area contributed by atoms with Crippen LogP contribution in [0.3, 0.4) is 0 Å². The fourth-order valence-corrected chi connectivity index (χ4v) is 4.22. The van der Waals surface area contributed by atoms with E-state index in [1.54, 1.807) is 47.4 Å². The maximum Gasteiger partial charge on any atom is 0.266 e. The molecule has 1 fully saturated rings. The van der Waals surface area contributed by atoms with Gasteiger partial charge >= 0.3 is 0 Å². The number of carbonyl (C=O) groups is 1. The van der Waals surface area contributed by atoms with Gasteiger partial charge in [-0.25, -0.2) is 9.37 Å². The van der Waals surface area contributed by atoms with Crippen LogP contribution in [0.1, 0.15) is 28.4 Å². The molecule has 0 bridgehead atoms. The van der Waals surface area contributed by atoms with Gasteiger partial charge in [-0.1, -0.05) is 23.7 Å². The van der Waals surface area contributed by atoms with Crippen LogP contribution < -0.4 is 0 Å². The number of rotatable bonds is 6. The summed E-state index contributed by atoms with van der Waals surface area (Å²) in [4.78, 5) is 19.6. The lowest BCUT2D eigenvalue weighted by molar-refractivity contribution is 0.0719. The van der Waals surface area contributed by atoms with Crippen LogP contribution in [-0.2, 0) is 6.54 Å². The van der Waals surface area contributed by atoms with E-state index in [1.807, 2.05) is 0 Å². The topological polar surface area (TPSA) is 72.1 Å². The molecule has 0 saturated heterocycles. The van der Waals surface area contributed by atoms with Gasteiger partial charge in [-0.3, -0.25) is 4.79 Å². The zero-order chi connectivity index (χ0) is 21.4. The van der Waals surface area contributed by atoms with Gasteiger partial charge < -0.3 is 9.32 Å². The third-order valence-electron chi connectivity index (χ3n) is 4.93. The molecular formula is C22H16ClFN4O2S. The highest BCUT2D eigenvalue weighted by Crippen LogP contribution is 2.33. The smallest absolute Gasteiger partial charge is 0.266 e. The van der Waals surface area contributed by atoms with Crippen molar-refractivity contribution >= 4 is 28.8 Å². The Morgan fingerprint density at radius 1 is 1.16 bits per heavy atom. The van der Waals surface area contributed by atoms with Crippen molar-refractivity contribution in [3.63, 3.8) is 0 Å². The van der Waals surface area contributed by atoms with Gasteiger partial charge in [0.05, 0.1) is 12.7 Å². The molecule has 31 heavy (non-hydrogen) atoms. The van der Waals surface area contributed by atoms with Gasteiger partial charge in [-0.2, -0.15) is 0 Å². The number of thiazole rings is 1. The van der Waals surface area contributed by atoms with E-state index < -0.39 is 0 Å². The van der Waals surface area contributed by atoms with Crippen LogP contribution in [0.2, 0.25) is 5.02 Å². The summed E-state index contributed by atoms with van der Waals surface area (Å²) in [5, 5.41) is 9.28. The quantitative estimate of drug-likeness (QED) is 0.387. The molecule has 2 heterocycles. The van der Waals surface area contributed by atoms with Gasteiger partial charge in [0.25, 0.3) is 5.91 Å². The van der Waals surface area contributed by atoms with Crippen molar-refractivity contribution in [3.8, 4) is 22.0 Å². The lowest BCUT2D eigenvalue weighted by Gasteiger charge is -2.19. The minimum atomic E-state index is -0.365. The maximum absolute atomic E-state index is 14.1. The summed E-state index contributed by atoms with van der Waals surface area (Å²) in [5.41, 5.74) is 1.14. The number of hydrogen-bond donors (Lipinski definition) is 0. The van der Waals surface area contributed by atoms with E-state index in [2.05, 4.69) is 15.2 Å². The number of halogens is 2. The Hall–Kier alpha value is -3.10. The summed E-state index contributed by atoms with van der Waals surface area (Å²) in [6.45, 7) is 0.205. The molecule has 1 saturated carbocycles. The molecular weight excluding hydrogens is 439 g/mol. The summed E-state index contributed by atoms with van der Waals surface area (Å²) in [7, 11) is 0. The number of benzene rings is 2. The van der Waals surface area contributed by atoms with Crippen LogP contribution in [0, 0.1) is 5.82 Å². The second kappa shape index (κ2) is 8.20. The average molecular weight is 455 g/mol. The summed E-state index contributed by atoms with van der Waals surface area (Å²) in [5.74, 6) is 0.183. The molecule has 1 aliphatic carbocycles. The molecule has 4 aromatic rings. The van der Waals surface area contributed by atoms with E-state index in [1.165, 1.54) is 23.6 Å². The van der Waals surface area contributed by atoms with E-state index in [4.69, 9.17) is 16.0 Å². The summed E-state index contributed by atoms with van der Waals surface area (Å²) in [6.07, 6.45) is 3.34. The highest BCUT2D eigenvalue weighted by atomic mass is 35.5. The van der Waals surface area contributed by atoms with Crippen molar-refractivity contribution in [2.45, 2.75) is 25.4 Å². The first-order valence-corrected chi connectivity index (χ1v) is 10.9. The molecule has 0 unspecified atom stereocenters. The number of hydrogen-bond acceptors (Lipinski definition) is 6. The Bertz CT molecular complexity index is 1240. The number of nitrogens with zero attached hydrogens (tertiary/aromatic N) is 4. The molecule has 9 heteroatoms. The van der Waals surface area contributed by atoms with E-state index >= 15 is 0 Å². The van der Waals surface area contributed by atoms with Crippen molar-refractivity contribution in [1.29, 1.82) is 0 Å². The third-order valence-corrected chi connectivity index (χ3v) is 6.20. The Morgan fingerprint density at radius 3 is 2.68 bits per heavy atom. The number of aromatic nitrogens is 3. The fourth-order valence-electron chi connectivity index (χ4n) is 3.20. The molecule has 156 valence electrons. The summed E-state index contributed by atoms with van der Waals surface area (Å²) < 4.78 is 19.8. The van der Waals surface area contributed by atoms with Gasteiger partial charge in [0.1, 0.15) is 15.7 Å². The van der Waals surface area contributed by atoms with Gasteiger partial charge in [-0.15, -0.1) is 21.5 Å². The molecule has 0 aliphatic heterocycles. The predicted molar refractivity (Wildman–Crippen MR) is 115 cm³/mol. The van der Waals surface area contributed by atoms with Gasteiger partial charge in [0.2, 0.25) is 11.8 Å². The lowest BCUT2D eigenvalue weighted by Crippen LogP contribution is -2.32. The van der Waals surface area contributed by atoms with Crippen molar-refractivity contribution < 1.29 is 13.6 Å². The van der Waals surface area contributed by atoms with Crippen LogP contribution in [0.4, 0.5) is 4.39 Å². The molecule has 1 aliphatic rings. The van der Waals surface area contributed by atoms with Crippen molar-refractivity contribution in [2.24, 2.45) is 0 Å². The van der Waals surface area contributed by atoms with Gasteiger partial charge in [0.15, 0.2) is 0 Å². The van der Waals surface area contributed by atoms with Gasteiger partial charge in [-0.05, 0) is 49.2 Å². The second-order valence-electron chi connectivity index (χ2n) is 7.18. The van der Waals surface area contributed by atoms with Crippen LogP contribution >= 0.6 is 22.9 Å². The van der Waals surface area contributed by atoms with Crippen molar-refractivity contribution in [2.75, 3.05) is 0 Å². The summed E-state index contributed by atoms with van der Waals surface area (Å²) >= 11 is 7.10. The Kier molecular flexibility index (Phi) is 5.25.